The van der Waals surface area contributed by atoms with E-state index in [1.54, 1.807) is 0 Å². The highest BCUT2D eigenvalue weighted by Crippen LogP contribution is 2.40. The van der Waals surface area contributed by atoms with E-state index in [1.807, 2.05) is 0 Å². The van der Waals surface area contributed by atoms with Crippen molar-refractivity contribution in [1.29, 1.82) is 0 Å². The maximum absolute atomic E-state index is 6.40. The Morgan fingerprint density at radius 1 is 0.279 bits per heavy atom. The Balaban J connectivity index is 0.883. The Bertz CT molecular complexity index is 3540. The molecule has 0 amide bonds. The third-order valence-corrected chi connectivity index (χ3v) is 12.1. The molecule has 61 heavy (non-hydrogen) atoms. The molecule has 0 unspecified atom stereocenters. The van der Waals surface area contributed by atoms with Gasteiger partial charge in [-0.05, 0) is 186 Å². The minimum atomic E-state index is 0.592. The first-order valence-electron chi connectivity index (χ1n) is 20.5. The molecule has 0 fully saturated rings. The van der Waals surface area contributed by atoms with E-state index < -0.39 is 0 Å². The lowest BCUT2D eigenvalue weighted by Gasteiger charge is -2.26. The van der Waals surface area contributed by atoms with Gasteiger partial charge in [0.15, 0.2) is 11.2 Å². The fourth-order valence-electron chi connectivity index (χ4n) is 9.00. The average molecular weight is 780 g/mol. The Labute approximate surface area is 349 Å². The fourth-order valence-corrected chi connectivity index (χ4v) is 9.00. The molecule has 2 heterocycles. The Morgan fingerprint density at radius 3 is 1.02 bits per heavy atom. The van der Waals surface area contributed by atoms with Crippen LogP contribution in [-0.4, -0.2) is 9.97 Å². The second-order valence-corrected chi connectivity index (χ2v) is 15.9. The van der Waals surface area contributed by atoms with Crippen molar-refractivity contribution in [1.82, 2.24) is 9.97 Å². The largest absolute Gasteiger partial charge is 0.436 e. The normalized spacial score (nSPS) is 11.9. The van der Waals surface area contributed by atoms with Crippen LogP contribution in [-0.2, 0) is 0 Å². The Morgan fingerprint density at radius 2 is 0.607 bits per heavy atom. The van der Waals surface area contributed by atoms with Crippen LogP contribution in [0.2, 0.25) is 0 Å². The van der Waals surface area contributed by atoms with Crippen molar-refractivity contribution >= 4 is 104 Å². The Kier molecular flexibility index (Phi) is 7.24. The number of benzene rings is 11. The van der Waals surface area contributed by atoms with Crippen molar-refractivity contribution in [2.45, 2.75) is 0 Å². The van der Waals surface area contributed by atoms with Crippen molar-refractivity contribution in [3.63, 3.8) is 0 Å². The summed E-state index contributed by atoms with van der Waals surface area (Å²) in [5.41, 5.74) is 8.10. The first-order chi connectivity index (χ1) is 30.1. The van der Waals surface area contributed by atoms with Gasteiger partial charge < -0.3 is 13.7 Å². The van der Waals surface area contributed by atoms with E-state index in [4.69, 9.17) is 18.8 Å². The minimum Gasteiger partial charge on any atom is -0.436 e. The summed E-state index contributed by atoms with van der Waals surface area (Å²) in [7, 11) is 0. The van der Waals surface area contributed by atoms with Gasteiger partial charge in [0.1, 0.15) is 11.0 Å². The van der Waals surface area contributed by atoms with Crippen LogP contribution in [0.1, 0.15) is 0 Å². The second kappa shape index (κ2) is 13.1. The lowest BCUT2D eigenvalue weighted by Crippen LogP contribution is -2.09. The van der Waals surface area contributed by atoms with Gasteiger partial charge in [-0.15, -0.1) is 0 Å². The molecule has 0 aliphatic rings. The minimum absolute atomic E-state index is 0.592. The fraction of sp³-hybridized carbons (Fsp3) is 0. The van der Waals surface area contributed by atoms with Crippen LogP contribution >= 0.6 is 0 Å². The van der Waals surface area contributed by atoms with Crippen LogP contribution in [0.5, 0.6) is 0 Å². The van der Waals surface area contributed by atoms with E-state index in [0.717, 1.165) is 71.9 Å². The van der Waals surface area contributed by atoms with Crippen molar-refractivity contribution < 1.29 is 8.83 Å². The number of rotatable bonds is 5. The third-order valence-electron chi connectivity index (χ3n) is 12.1. The first-order valence-corrected chi connectivity index (χ1v) is 20.5. The van der Waals surface area contributed by atoms with Crippen LogP contribution in [0.3, 0.4) is 0 Å². The second-order valence-electron chi connectivity index (χ2n) is 15.9. The zero-order valence-corrected chi connectivity index (χ0v) is 32.7. The first kappa shape index (κ1) is 33.7. The van der Waals surface area contributed by atoms with E-state index in [9.17, 15) is 0 Å². The summed E-state index contributed by atoms with van der Waals surface area (Å²) in [5.74, 6) is 1.18. The van der Waals surface area contributed by atoms with Gasteiger partial charge >= 0.3 is 0 Å². The van der Waals surface area contributed by atoms with Crippen LogP contribution < -0.4 is 4.90 Å². The number of anilines is 3. The predicted octanol–water partition coefficient (Wildman–Crippen LogP) is 15.7. The zero-order valence-electron chi connectivity index (χ0n) is 32.7. The highest BCUT2D eigenvalue weighted by atomic mass is 16.4. The number of fused-ring (bicyclic) bond motifs is 8. The summed E-state index contributed by atoms with van der Waals surface area (Å²) in [4.78, 5) is 12.2. The summed E-state index contributed by atoms with van der Waals surface area (Å²) >= 11 is 0. The van der Waals surface area contributed by atoms with E-state index in [0.29, 0.717) is 11.8 Å². The number of oxazole rings is 2. The highest BCUT2D eigenvalue weighted by Gasteiger charge is 2.17. The molecule has 0 aliphatic carbocycles. The zero-order chi connectivity index (χ0) is 40.0. The van der Waals surface area contributed by atoms with E-state index in [-0.39, 0.29) is 0 Å². The predicted molar refractivity (Wildman–Crippen MR) is 252 cm³/mol. The van der Waals surface area contributed by atoms with Gasteiger partial charge in [0.25, 0.3) is 0 Å². The number of hydrogen-bond donors (Lipinski definition) is 0. The number of hydrogen-bond acceptors (Lipinski definition) is 5. The molecular weight excluding hydrogens is 747 g/mol. The van der Waals surface area contributed by atoms with Gasteiger partial charge in [0, 0.05) is 28.2 Å². The van der Waals surface area contributed by atoms with Crippen molar-refractivity contribution in [2.75, 3.05) is 4.90 Å². The molecule has 0 N–H and O–H groups in total. The van der Waals surface area contributed by atoms with Gasteiger partial charge in [-0.2, -0.15) is 0 Å². The van der Waals surface area contributed by atoms with Crippen molar-refractivity contribution in [3.05, 3.63) is 200 Å². The van der Waals surface area contributed by atoms with Crippen molar-refractivity contribution in [2.24, 2.45) is 0 Å². The molecule has 5 heteroatoms. The molecule has 5 nitrogen and oxygen atoms in total. The maximum atomic E-state index is 6.40. The van der Waals surface area contributed by atoms with Gasteiger partial charge in [-0.1, -0.05) is 78.9 Å². The van der Waals surface area contributed by atoms with E-state index >= 15 is 0 Å². The van der Waals surface area contributed by atoms with Crippen LogP contribution in [0.4, 0.5) is 17.1 Å². The Hall–Kier alpha value is -8.28. The average Bonchev–Trinajstić information content (AvgIpc) is 3.92. The molecule has 284 valence electrons. The monoisotopic (exact) mass is 779 g/mol. The standard InChI is InChI=1S/C56H33N3O2/c1-2-8-37-24-43-29-50(22-17-42(43)23-36(37)7-1)59(48-18-13-34(14-19-48)55-57-51-30-44-25-38-9-3-5-11-40(38)27-46(44)32-53(51)60-55)49-20-15-35(16-21-49)56-58-52-31-45-26-39-10-4-6-12-41(39)28-47(45)33-54(52)61-56/h1-33H. The quantitative estimate of drug-likeness (QED) is 0.163. The number of nitrogens with zero attached hydrogens (tertiary/aromatic N) is 3. The van der Waals surface area contributed by atoms with E-state index in [1.165, 1.54) is 43.1 Å². The summed E-state index contributed by atoms with van der Waals surface area (Å²) in [5, 5.41) is 14.2. The summed E-state index contributed by atoms with van der Waals surface area (Å²) in [6, 6.07) is 70.9. The number of aromatic nitrogens is 2. The maximum Gasteiger partial charge on any atom is 0.227 e. The van der Waals surface area contributed by atoms with Crippen molar-refractivity contribution in [3.8, 4) is 22.9 Å². The van der Waals surface area contributed by atoms with Crippen LogP contribution in [0.25, 0.3) is 110 Å². The third kappa shape index (κ3) is 5.70. The molecule has 0 spiro atoms. The molecule has 0 aliphatic heterocycles. The topological polar surface area (TPSA) is 55.3 Å². The smallest absolute Gasteiger partial charge is 0.227 e. The molecule has 0 saturated carbocycles. The molecule has 0 saturated heterocycles. The SMILES string of the molecule is c1ccc2cc3cc(N(c4ccc(-c5nc6cc7cc8ccccc8cc7cc6o5)cc4)c4ccc(-c5nc6cc7cc8ccccc8cc7cc6o5)cc4)ccc3cc2c1. The van der Waals surface area contributed by atoms with Crippen LogP contribution in [0.15, 0.2) is 209 Å². The molecule has 2 aromatic heterocycles. The highest BCUT2D eigenvalue weighted by molar-refractivity contribution is 6.05. The molecule has 13 rings (SSSR count). The van der Waals surface area contributed by atoms with Gasteiger partial charge in [0.2, 0.25) is 11.8 Å². The summed E-state index contributed by atoms with van der Waals surface area (Å²) in [6.45, 7) is 0. The molecule has 0 bridgehead atoms. The lowest BCUT2D eigenvalue weighted by molar-refractivity contribution is 0.620. The molecular formula is C56H33N3O2. The molecule has 13 aromatic rings. The lowest BCUT2D eigenvalue weighted by atomic mass is 10.0. The van der Waals surface area contributed by atoms with Crippen LogP contribution in [0, 0.1) is 0 Å². The van der Waals surface area contributed by atoms with Gasteiger partial charge in [-0.25, -0.2) is 9.97 Å². The van der Waals surface area contributed by atoms with E-state index in [2.05, 4.69) is 205 Å². The molecule has 0 radical (unpaired) electrons. The molecule has 11 aromatic carbocycles. The molecule has 0 atom stereocenters. The summed E-state index contributed by atoms with van der Waals surface area (Å²) < 4.78 is 12.8. The van der Waals surface area contributed by atoms with Gasteiger partial charge in [-0.3, -0.25) is 0 Å². The van der Waals surface area contributed by atoms with Gasteiger partial charge in [0.05, 0.1) is 0 Å². The summed E-state index contributed by atoms with van der Waals surface area (Å²) in [6.07, 6.45) is 0.